The summed E-state index contributed by atoms with van der Waals surface area (Å²) in [6.07, 6.45) is 2.98. The first-order valence-electron chi connectivity index (χ1n) is 6.46. The normalized spacial score (nSPS) is 11.5. The van der Waals surface area contributed by atoms with Gasteiger partial charge in [-0.15, -0.1) is 0 Å². The number of fused-ring (bicyclic) bond motifs is 3. The van der Waals surface area contributed by atoms with E-state index in [1.807, 2.05) is 23.1 Å². The molecule has 0 fully saturated rings. The lowest BCUT2D eigenvalue weighted by Gasteiger charge is -2.01. The van der Waals surface area contributed by atoms with Crippen molar-refractivity contribution in [2.45, 2.75) is 6.42 Å². The quantitative estimate of drug-likeness (QED) is 0.750. The Labute approximate surface area is 115 Å². The van der Waals surface area contributed by atoms with Gasteiger partial charge in [0, 0.05) is 31.9 Å². The second-order valence-electron chi connectivity index (χ2n) is 4.82. The highest BCUT2D eigenvalue weighted by Gasteiger charge is 2.13. The van der Waals surface area contributed by atoms with Gasteiger partial charge in [0.15, 0.2) is 0 Å². The molecular formula is C14H16N4O2. The van der Waals surface area contributed by atoms with Crippen molar-refractivity contribution in [1.82, 2.24) is 19.3 Å². The fourth-order valence-electron chi connectivity index (χ4n) is 2.43. The summed E-state index contributed by atoms with van der Waals surface area (Å²) in [5.74, 6) is -0.104. The van der Waals surface area contributed by atoms with Gasteiger partial charge >= 0.3 is 5.97 Å². The first-order valence-corrected chi connectivity index (χ1v) is 6.46. The van der Waals surface area contributed by atoms with E-state index in [-0.39, 0.29) is 5.56 Å². The second-order valence-corrected chi connectivity index (χ2v) is 4.82. The van der Waals surface area contributed by atoms with E-state index in [2.05, 4.69) is 16.5 Å². The summed E-state index contributed by atoms with van der Waals surface area (Å²) in [5.41, 5.74) is 3.08. The van der Waals surface area contributed by atoms with E-state index in [4.69, 9.17) is 5.11 Å². The lowest BCUT2D eigenvalue weighted by Crippen LogP contribution is -2.12. The van der Waals surface area contributed by atoms with E-state index in [0.29, 0.717) is 5.52 Å². The molecule has 3 aromatic rings. The first-order chi connectivity index (χ1) is 9.61. The summed E-state index contributed by atoms with van der Waals surface area (Å²) >= 11 is 0. The van der Waals surface area contributed by atoms with Crippen LogP contribution in [0.15, 0.2) is 24.4 Å². The van der Waals surface area contributed by atoms with E-state index >= 15 is 0 Å². The maximum absolute atomic E-state index is 11.0. The molecule has 0 saturated carbocycles. The molecule has 0 aliphatic carbocycles. The number of nitrogens with one attached hydrogen (secondary N) is 1. The van der Waals surface area contributed by atoms with Gasteiger partial charge in [-0.1, -0.05) is 0 Å². The maximum Gasteiger partial charge on any atom is 0.335 e. The molecule has 0 atom stereocenters. The van der Waals surface area contributed by atoms with Gasteiger partial charge in [0.2, 0.25) is 5.78 Å². The predicted octanol–water partition coefficient (Wildman–Crippen LogP) is 1.29. The molecule has 2 heterocycles. The highest BCUT2D eigenvalue weighted by atomic mass is 16.4. The van der Waals surface area contributed by atoms with Gasteiger partial charge in [0.25, 0.3) is 0 Å². The van der Waals surface area contributed by atoms with Crippen LogP contribution in [0.25, 0.3) is 16.8 Å². The Balaban J connectivity index is 2.16. The zero-order valence-corrected chi connectivity index (χ0v) is 11.4. The first kappa shape index (κ1) is 12.7. The van der Waals surface area contributed by atoms with Crippen LogP contribution in [-0.4, -0.2) is 38.6 Å². The monoisotopic (exact) mass is 272 g/mol. The van der Waals surface area contributed by atoms with Crippen LogP contribution in [0.4, 0.5) is 0 Å². The molecule has 3 rings (SSSR count). The summed E-state index contributed by atoms with van der Waals surface area (Å²) in [4.78, 5) is 15.5. The van der Waals surface area contributed by atoms with E-state index in [0.717, 1.165) is 24.3 Å². The number of carbonyl (C=O) groups is 1. The summed E-state index contributed by atoms with van der Waals surface area (Å²) in [5, 5.41) is 12.1. The summed E-state index contributed by atoms with van der Waals surface area (Å²) in [6.45, 7) is 0.905. The Kier molecular flexibility index (Phi) is 2.94. The molecule has 2 N–H and O–H groups in total. The third-order valence-corrected chi connectivity index (χ3v) is 3.56. The molecule has 0 spiro atoms. The Morgan fingerprint density at radius 2 is 2.25 bits per heavy atom. The predicted molar refractivity (Wildman–Crippen MR) is 76.3 cm³/mol. The number of aromatic carboxylic acids is 1. The van der Waals surface area contributed by atoms with Crippen molar-refractivity contribution >= 4 is 22.8 Å². The van der Waals surface area contributed by atoms with Gasteiger partial charge in [-0.2, -0.15) is 0 Å². The number of imidazole rings is 2. The van der Waals surface area contributed by atoms with Gasteiger partial charge in [-0.25, -0.2) is 9.78 Å². The molecule has 0 aliphatic rings. The fourth-order valence-corrected chi connectivity index (χ4v) is 2.43. The molecule has 0 unspecified atom stereocenters. The third-order valence-electron chi connectivity index (χ3n) is 3.56. The zero-order chi connectivity index (χ0) is 14.3. The minimum absolute atomic E-state index is 0.260. The van der Waals surface area contributed by atoms with Crippen LogP contribution < -0.4 is 5.32 Å². The molecule has 6 nitrogen and oxygen atoms in total. The number of nitrogens with zero attached hydrogens (tertiary/aromatic N) is 3. The number of likely N-dealkylation sites (N-methyl/N-ethyl adjacent to an activating group) is 1. The highest BCUT2D eigenvalue weighted by Crippen LogP contribution is 2.20. The topological polar surface area (TPSA) is 71.6 Å². The molecule has 2 aromatic heterocycles. The Morgan fingerprint density at radius 3 is 2.95 bits per heavy atom. The number of aromatic nitrogens is 3. The van der Waals surface area contributed by atoms with E-state index in [1.54, 1.807) is 18.2 Å². The molecule has 0 radical (unpaired) electrons. The van der Waals surface area contributed by atoms with Crippen molar-refractivity contribution in [2.24, 2.45) is 7.05 Å². The summed E-state index contributed by atoms with van der Waals surface area (Å²) < 4.78 is 4.05. The highest BCUT2D eigenvalue weighted by molar-refractivity contribution is 5.93. The molecule has 0 amide bonds. The molecule has 6 heteroatoms. The largest absolute Gasteiger partial charge is 0.478 e. The van der Waals surface area contributed by atoms with Crippen molar-refractivity contribution < 1.29 is 9.90 Å². The van der Waals surface area contributed by atoms with E-state index in [1.165, 1.54) is 5.69 Å². The van der Waals surface area contributed by atoms with Crippen LogP contribution in [0, 0.1) is 0 Å². The lowest BCUT2D eigenvalue weighted by molar-refractivity contribution is 0.0697. The molecular weight excluding hydrogens is 256 g/mol. The smallest absolute Gasteiger partial charge is 0.335 e. The van der Waals surface area contributed by atoms with Gasteiger partial charge in [0.1, 0.15) is 0 Å². The molecule has 0 saturated heterocycles. The number of carboxylic acid groups (broad SMARTS) is 1. The molecule has 0 aliphatic heterocycles. The Hall–Kier alpha value is -2.34. The van der Waals surface area contributed by atoms with Crippen molar-refractivity contribution in [1.29, 1.82) is 0 Å². The van der Waals surface area contributed by atoms with Crippen LogP contribution in [0.1, 0.15) is 16.1 Å². The van der Waals surface area contributed by atoms with Crippen molar-refractivity contribution in [3.63, 3.8) is 0 Å². The van der Waals surface area contributed by atoms with Crippen LogP contribution in [0.2, 0.25) is 0 Å². The zero-order valence-electron chi connectivity index (χ0n) is 11.4. The van der Waals surface area contributed by atoms with E-state index in [9.17, 15) is 4.79 Å². The third kappa shape index (κ3) is 1.85. The fraction of sp³-hybridized carbons (Fsp3) is 0.286. The molecule has 20 heavy (non-hydrogen) atoms. The SMILES string of the molecule is CNCCc1cn2c3ccc(C(=O)O)cc3nc2n1C. The molecule has 0 bridgehead atoms. The number of aryl methyl sites for hydroxylation is 1. The summed E-state index contributed by atoms with van der Waals surface area (Å²) in [7, 11) is 3.90. The van der Waals surface area contributed by atoms with Crippen molar-refractivity contribution in [3.8, 4) is 0 Å². The van der Waals surface area contributed by atoms with Crippen LogP contribution in [-0.2, 0) is 13.5 Å². The Morgan fingerprint density at radius 1 is 1.45 bits per heavy atom. The Bertz CT molecular complexity index is 800. The number of hydrogen-bond donors (Lipinski definition) is 2. The minimum atomic E-state index is -0.932. The average molecular weight is 272 g/mol. The van der Waals surface area contributed by atoms with Gasteiger partial charge < -0.3 is 15.0 Å². The molecule has 104 valence electrons. The number of rotatable bonds is 4. The standard InChI is InChI=1S/C14H16N4O2/c1-15-6-5-10-8-18-12-4-3-9(13(19)20)7-11(12)16-14(18)17(10)2/h3-4,7-8,15H,5-6H2,1-2H3,(H,19,20). The number of benzene rings is 1. The molecule has 1 aromatic carbocycles. The van der Waals surface area contributed by atoms with Gasteiger partial charge in [0.05, 0.1) is 16.6 Å². The number of carboxylic acids is 1. The summed E-state index contributed by atoms with van der Waals surface area (Å²) in [6, 6.07) is 5.03. The van der Waals surface area contributed by atoms with Crippen molar-refractivity contribution in [2.75, 3.05) is 13.6 Å². The second kappa shape index (κ2) is 4.64. The van der Waals surface area contributed by atoms with Crippen molar-refractivity contribution in [3.05, 3.63) is 35.7 Å². The lowest BCUT2D eigenvalue weighted by atomic mass is 10.2. The van der Waals surface area contributed by atoms with Crippen LogP contribution >= 0.6 is 0 Å². The number of hydrogen-bond acceptors (Lipinski definition) is 3. The maximum atomic E-state index is 11.0. The van der Waals surface area contributed by atoms with Crippen LogP contribution in [0.5, 0.6) is 0 Å². The average Bonchev–Trinajstić information content (AvgIpc) is 2.93. The van der Waals surface area contributed by atoms with Gasteiger partial charge in [-0.3, -0.25) is 4.40 Å². The van der Waals surface area contributed by atoms with Crippen LogP contribution in [0.3, 0.4) is 0 Å². The van der Waals surface area contributed by atoms with Gasteiger partial charge in [-0.05, 0) is 25.2 Å². The van der Waals surface area contributed by atoms with E-state index < -0.39 is 5.97 Å². The minimum Gasteiger partial charge on any atom is -0.478 e.